The van der Waals surface area contributed by atoms with Crippen LogP contribution in [0.1, 0.15) is 87.2 Å². The molecule has 2 aromatic carbocycles. The van der Waals surface area contributed by atoms with Gasteiger partial charge in [0, 0.05) is 65.2 Å². The molecule has 2 saturated carbocycles. The van der Waals surface area contributed by atoms with Crippen molar-refractivity contribution in [1.82, 2.24) is 24.9 Å². The molecule has 2 N–H and O–H groups in total. The fraction of sp³-hybridized carbons (Fsp3) is 0.324. The molecule has 0 aliphatic heterocycles. The van der Waals surface area contributed by atoms with E-state index in [4.69, 9.17) is 15.7 Å². The number of benzene rings is 2. The Morgan fingerprint density at radius 3 is 1.52 bits per heavy atom. The molecule has 2 aliphatic rings. The van der Waals surface area contributed by atoms with E-state index in [1.165, 1.54) is 75.3 Å². The van der Waals surface area contributed by atoms with Crippen molar-refractivity contribution in [2.75, 3.05) is 10.6 Å². The standard InChI is InChI=1S/C37H39N7/c38-36-40-21-31(22-41-36)35-25-39-20-19-34(35)30-23-42-37(43-24-30)44(32-15-11-28(12-16-32)26-7-3-1-4-8-26)33-17-13-29(14-18-33)27-9-5-2-6-10-27/h11-27H,1-10H2,(H2,38,40,41). The lowest BCUT2D eigenvalue weighted by Crippen LogP contribution is -2.14. The summed E-state index contributed by atoms with van der Waals surface area (Å²) in [4.78, 5) is 24.7. The maximum atomic E-state index is 5.72. The summed E-state index contributed by atoms with van der Waals surface area (Å²) in [5.41, 5.74) is 14.3. The Kier molecular flexibility index (Phi) is 8.26. The maximum absolute atomic E-state index is 5.72. The van der Waals surface area contributed by atoms with Crippen LogP contribution in [0.2, 0.25) is 0 Å². The third-order valence-electron chi connectivity index (χ3n) is 9.41. The number of rotatable bonds is 7. The molecule has 0 spiro atoms. The van der Waals surface area contributed by atoms with Crippen LogP contribution in [0.5, 0.6) is 0 Å². The molecular formula is C37H39N7. The van der Waals surface area contributed by atoms with Crippen molar-refractivity contribution >= 4 is 23.3 Å². The summed E-state index contributed by atoms with van der Waals surface area (Å²) in [6, 6.07) is 20.1. The molecule has 2 fully saturated rings. The maximum Gasteiger partial charge on any atom is 0.234 e. The summed E-state index contributed by atoms with van der Waals surface area (Å²) in [7, 11) is 0. The number of pyridine rings is 1. The molecule has 7 heteroatoms. The van der Waals surface area contributed by atoms with Crippen LogP contribution < -0.4 is 10.6 Å². The molecule has 0 amide bonds. The molecular weight excluding hydrogens is 542 g/mol. The highest BCUT2D eigenvalue weighted by Crippen LogP contribution is 2.39. The van der Waals surface area contributed by atoms with Crippen LogP contribution in [0, 0.1) is 0 Å². The Hall–Kier alpha value is -4.65. The average Bonchev–Trinajstić information content (AvgIpc) is 3.10. The molecule has 222 valence electrons. The Bertz CT molecular complexity index is 1590. The first-order valence-electron chi connectivity index (χ1n) is 16.1. The lowest BCUT2D eigenvalue weighted by Gasteiger charge is -2.26. The van der Waals surface area contributed by atoms with Gasteiger partial charge in [0.25, 0.3) is 0 Å². The van der Waals surface area contributed by atoms with Crippen molar-refractivity contribution in [2.24, 2.45) is 0 Å². The topological polar surface area (TPSA) is 93.7 Å². The van der Waals surface area contributed by atoms with Crippen LogP contribution in [0.4, 0.5) is 23.3 Å². The van der Waals surface area contributed by atoms with Gasteiger partial charge in [-0.3, -0.25) is 9.88 Å². The summed E-state index contributed by atoms with van der Waals surface area (Å²) < 4.78 is 0. The number of nitrogen functional groups attached to an aromatic ring is 1. The Morgan fingerprint density at radius 1 is 0.523 bits per heavy atom. The summed E-state index contributed by atoms with van der Waals surface area (Å²) in [5.74, 6) is 2.21. The van der Waals surface area contributed by atoms with E-state index in [-0.39, 0.29) is 5.95 Å². The van der Waals surface area contributed by atoms with Crippen molar-refractivity contribution in [2.45, 2.75) is 76.0 Å². The van der Waals surface area contributed by atoms with Crippen LogP contribution in [0.15, 0.2) is 91.8 Å². The molecule has 0 saturated heterocycles. The van der Waals surface area contributed by atoms with Gasteiger partial charge in [-0.1, -0.05) is 62.8 Å². The van der Waals surface area contributed by atoms with Crippen molar-refractivity contribution in [1.29, 1.82) is 0 Å². The fourth-order valence-corrected chi connectivity index (χ4v) is 6.97. The molecule has 44 heavy (non-hydrogen) atoms. The predicted octanol–water partition coefficient (Wildman–Crippen LogP) is 9.14. The van der Waals surface area contributed by atoms with Gasteiger partial charge in [0.1, 0.15) is 0 Å². The van der Waals surface area contributed by atoms with E-state index in [1.807, 2.05) is 24.7 Å². The zero-order chi connectivity index (χ0) is 29.7. The van der Waals surface area contributed by atoms with E-state index < -0.39 is 0 Å². The smallest absolute Gasteiger partial charge is 0.234 e. The van der Waals surface area contributed by atoms with E-state index in [2.05, 4.69) is 68.4 Å². The van der Waals surface area contributed by atoms with Crippen LogP contribution in [0.25, 0.3) is 22.3 Å². The predicted molar refractivity (Wildman–Crippen MR) is 177 cm³/mol. The lowest BCUT2D eigenvalue weighted by molar-refractivity contribution is 0.443. The zero-order valence-corrected chi connectivity index (χ0v) is 25.1. The second-order valence-corrected chi connectivity index (χ2v) is 12.2. The quantitative estimate of drug-likeness (QED) is 0.205. The summed E-state index contributed by atoms with van der Waals surface area (Å²) in [6.07, 6.45) is 24.0. The van der Waals surface area contributed by atoms with Crippen LogP contribution in [-0.4, -0.2) is 24.9 Å². The van der Waals surface area contributed by atoms with E-state index in [0.29, 0.717) is 17.8 Å². The van der Waals surface area contributed by atoms with Gasteiger partial charge in [0.05, 0.1) is 0 Å². The monoisotopic (exact) mass is 581 g/mol. The number of hydrogen-bond donors (Lipinski definition) is 1. The van der Waals surface area contributed by atoms with Gasteiger partial charge < -0.3 is 5.73 Å². The minimum Gasteiger partial charge on any atom is -0.368 e. The second kappa shape index (κ2) is 12.9. The number of anilines is 4. The Balaban J connectivity index is 1.22. The zero-order valence-electron chi connectivity index (χ0n) is 25.1. The Morgan fingerprint density at radius 2 is 1.00 bits per heavy atom. The van der Waals surface area contributed by atoms with Crippen molar-refractivity contribution in [3.05, 3.63) is 103 Å². The van der Waals surface area contributed by atoms with Crippen LogP contribution in [0.3, 0.4) is 0 Å². The van der Waals surface area contributed by atoms with E-state index in [1.54, 1.807) is 18.6 Å². The summed E-state index contributed by atoms with van der Waals surface area (Å²) >= 11 is 0. The third-order valence-corrected chi connectivity index (χ3v) is 9.41. The summed E-state index contributed by atoms with van der Waals surface area (Å²) in [5, 5.41) is 0. The van der Waals surface area contributed by atoms with E-state index in [0.717, 1.165) is 33.6 Å². The van der Waals surface area contributed by atoms with Gasteiger partial charge in [0.15, 0.2) is 0 Å². The molecule has 3 heterocycles. The average molecular weight is 582 g/mol. The molecule has 2 aliphatic carbocycles. The van der Waals surface area contributed by atoms with Crippen molar-refractivity contribution in [3.63, 3.8) is 0 Å². The van der Waals surface area contributed by atoms with Crippen LogP contribution in [-0.2, 0) is 0 Å². The fourth-order valence-electron chi connectivity index (χ4n) is 6.97. The molecule has 0 atom stereocenters. The number of aromatic nitrogens is 5. The third kappa shape index (κ3) is 6.05. The van der Waals surface area contributed by atoms with Gasteiger partial charge in [-0.2, -0.15) is 0 Å². The highest BCUT2D eigenvalue weighted by molar-refractivity contribution is 5.82. The molecule has 7 rings (SSSR count). The number of nitrogens with two attached hydrogens (primary N) is 1. The molecule has 7 nitrogen and oxygen atoms in total. The van der Waals surface area contributed by atoms with Gasteiger partial charge in [-0.25, -0.2) is 19.9 Å². The van der Waals surface area contributed by atoms with Gasteiger partial charge >= 0.3 is 0 Å². The first kappa shape index (κ1) is 28.1. The first-order chi connectivity index (χ1) is 21.7. The molecule has 3 aromatic heterocycles. The van der Waals surface area contributed by atoms with E-state index >= 15 is 0 Å². The number of hydrogen-bond acceptors (Lipinski definition) is 7. The lowest BCUT2D eigenvalue weighted by atomic mass is 9.84. The van der Waals surface area contributed by atoms with E-state index in [9.17, 15) is 0 Å². The number of nitrogens with zero attached hydrogens (tertiary/aromatic N) is 6. The molecule has 0 radical (unpaired) electrons. The van der Waals surface area contributed by atoms with Gasteiger partial charge in [-0.15, -0.1) is 0 Å². The molecule has 0 bridgehead atoms. The van der Waals surface area contributed by atoms with Crippen molar-refractivity contribution < 1.29 is 0 Å². The van der Waals surface area contributed by atoms with Gasteiger partial charge in [-0.05, 0) is 84.5 Å². The van der Waals surface area contributed by atoms with Crippen LogP contribution >= 0.6 is 0 Å². The summed E-state index contributed by atoms with van der Waals surface area (Å²) in [6.45, 7) is 0. The van der Waals surface area contributed by atoms with Gasteiger partial charge in [0.2, 0.25) is 11.9 Å². The molecule has 0 unspecified atom stereocenters. The SMILES string of the molecule is Nc1ncc(-c2cnccc2-c2cnc(N(c3ccc(C4CCCCC4)cc3)c3ccc(C4CCCCC4)cc3)nc2)cn1. The largest absolute Gasteiger partial charge is 0.368 e. The highest BCUT2D eigenvalue weighted by Gasteiger charge is 2.21. The highest BCUT2D eigenvalue weighted by atomic mass is 15.3. The minimum absolute atomic E-state index is 0.241. The van der Waals surface area contributed by atoms with Crippen molar-refractivity contribution in [3.8, 4) is 22.3 Å². The Labute approximate surface area is 259 Å². The normalized spacial score (nSPS) is 16.1. The minimum atomic E-state index is 0.241. The first-order valence-corrected chi connectivity index (χ1v) is 16.1. The molecule has 5 aromatic rings. The second-order valence-electron chi connectivity index (χ2n) is 12.2.